The van der Waals surface area contributed by atoms with E-state index in [1.807, 2.05) is 36.4 Å². The topological polar surface area (TPSA) is 12.9 Å². The van der Waals surface area contributed by atoms with Crippen molar-refractivity contribution in [3.05, 3.63) is 106 Å². The minimum Gasteiger partial charge on any atom is -0.256 e. The van der Waals surface area contributed by atoms with Gasteiger partial charge in [-0.25, -0.2) is 4.39 Å². The Morgan fingerprint density at radius 2 is 1.19 bits per heavy atom. The van der Waals surface area contributed by atoms with E-state index in [1.54, 1.807) is 6.20 Å². The molecule has 0 aliphatic carbocycles. The van der Waals surface area contributed by atoms with Gasteiger partial charge < -0.3 is 0 Å². The average molecular weight is 421 g/mol. The van der Waals surface area contributed by atoms with Gasteiger partial charge >= 0.3 is 0 Å². The van der Waals surface area contributed by atoms with E-state index in [2.05, 4.69) is 70.8 Å². The Hall–Kier alpha value is -3.20. The molecule has 1 heterocycles. The lowest BCUT2D eigenvalue weighted by molar-refractivity contribution is 0.638. The summed E-state index contributed by atoms with van der Waals surface area (Å²) >= 11 is 0. The zero-order chi connectivity index (χ0) is 23.0. The maximum atomic E-state index is 16.2. The van der Waals surface area contributed by atoms with Crippen LogP contribution in [0.5, 0.6) is 0 Å². The molecule has 0 saturated carbocycles. The summed E-state index contributed by atoms with van der Waals surface area (Å²) in [6, 6.07) is 20.1. The van der Waals surface area contributed by atoms with Gasteiger partial charge in [-0.3, -0.25) is 4.98 Å². The molecular formula is C29H29BFN. The van der Waals surface area contributed by atoms with Crippen LogP contribution >= 0.6 is 0 Å². The van der Waals surface area contributed by atoms with Gasteiger partial charge in [-0.05, 0) is 65.2 Å². The maximum Gasteiger partial charge on any atom is 0.246 e. The van der Waals surface area contributed by atoms with E-state index in [0.717, 1.165) is 0 Å². The van der Waals surface area contributed by atoms with Gasteiger partial charge in [-0.1, -0.05) is 86.8 Å². The second kappa shape index (κ2) is 8.74. The van der Waals surface area contributed by atoms with Crippen LogP contribution in [0, 0.1) is 47.4 Å². The highest BCUT2D eigenvalue weighted by molar-refractivity contribution is 6.96. The number of hydrogen-bond donors (Lipinski definition) is 0. The van der Waals surface area contributed by atoms with Crippen molar-refractivity contribution in [2.24, 2.45) is 0 Å². The van der Waals surface area contributed by atoms with Crippen molar-refractivity contribution in [1.29, 1.82) is 0 Å². The van der Waals surface area contributed by atoms with E-state index in [9.17, 15) is 0 Å². The molecule has 1 aromatic heterocycles. The molecule has 0 N–H and O–H groups in total. The third-order valence-corrected chi connectivity index (χ3v) is 6.33. The van der Waals surface area contributed by atoms with Gasteiger partial charge in [-0.15, -0.1) is 0 Å². The molecule has 0 aliphatic rings. The van der Waals surface area contributed by atoms with Crippen LogP contribution in [0.25, 0.3) is 11.3 Å². The van der Waals surface area contributed by atoms with Crippen LogP contribution in [0.1, 0.15) is 33.4 Å². The Morgan fingerprint density at radius 3 is 1.66 bits per heavy atom. The van der Waals surface area contributed by atoms with E-state index in [4.69, 9.17) is 0 Å². The van der Waals surface area contributed by atoms with Crippen molar-refractivity contribution in [2.45, 2.75) is 41.5 Å². The number of aromatic nitrogens is 1. The number of pyridine rings is 1. The van der Waals surface area contributed by atoms with E-state index in [1.165, 1.54) is 44.3 Å². The first-order valence-electron chi connectivity index (χ1n) is 11.1. The molecule has 0 aliphatic heterocycles. The van der Waals surface area contributed by atoms with Crippen LogP contribution in [-0.4, -0.2) is 11.7 Å². The van der Waals surface area contributed by atoms with Crippen LogP contribution in [0.3, 0.4) is 0 Å². The molecule has 32 heavy (non-hydrogen) atoms. The lowest BCUT2D eigenvalue weighted by atomic mass is 9.34. The molecule has 160 valence electrons. The largest absolute Gasteiger partial charge is 0.256 e. The number of halogens is 1. The first-order chi connectivity index (χ1) is 15.3. The van der Waals surface area contributed by atoms with Crippen LogP contribution in [0.2, 0.25) is 0 Å². The Morgan fingerprint density at radius 1 is 0.656 bits per heavy atom. The minimum atomic E-state index is -0.199. The van der Waals surface area contributed by atoms with Crippen molar-refractivity contribution >= 4 is 23.1 Å². The lowest BCUT2D eigenvalue weighted by Crippen LogP contribution is -2.57. The summed E-state index contributed by atoms with van der Waals surface area (Å²) in [5.74, 6) is -0.199. The Balaban J connectivity index is 2.06. The number of hydrogen-bond acceptors (Lipinski definition) is 1. The second-order valence-electron chi connectivity index (χ2n) is 8.98. The summed E-state index contributed by atoms with van der Waals surface area (Å²) in [5, 5.41) is 0. The van der Waals surface area contributed by atoms with Gasteiger partial charge in [0.1, 0.15) is 5.82 Å². The number of benzene rings is 3. The molecule has 0 radical (unpaired) electrons. The summed E-state index contributed by atoms with van der Waals surface area (Å²) in [6.45, 7) is 12.6. The lowest BCUT2D eigenvalue weighted by Gasteiger charge is -2.25. The van der Waals surface area contributed by atoms with E-state index < -0.39 is 0 Å². The first-order valence-corrected chi connectivity index (χ1v) is 11.1. The fourth-order valence-corrected chi connectivity index (χ4v) is 5.24. The molecule has 0 spiro atoms. The zero-order valence-corrected chi connectivity index (χ0v) is 19.8. The molecule has 0 amide bonds. The highest BCUT2D eigenvalue weighted by atomic mass is 19.1. The maximum absolute atomic E-state index is 16.2. The molecule has 3 aromatic carbocycles. The van der Waals surface area contributed by atoms with Gasteiger partial charge in [0.2, 0.25) is 6.71 Å². The van der Waals surface area contributed by atoms with Crippen LogP contribution in [0.4, 0.5) is 4.39 Å². The molecule has 0 atom stereocenters. The molecule has 0 fully saturated rings. The third kappa shape index (κ3) is 4.00. The molecule has 0 unspecified atom stereocenters. The number of rotatable bonds is 4. The van der Waals surface area contributed by atoms with Crippen LogP contribution < -0.4 is 16.4 Å². The molecule has 3 heteroatoms. The average Bonchev–Trinajstić information content (AvgIpc) is 2.72. The van der Waals surface area contributed by atoms with Gasteiger partial charge in [0, 0.05) is 11.8 Å². The summed E-state index contributed by atoms with van der Waals surface area (Å²) in [5.41, 5.74) is 11.5. The van der Waals surface area contributed by atoms with Crippen LogP contribution in [-0.2, 0) is 0 Å². The van der Waals surface area contributed by atoms with Crippen molar-refractivity contribution in [1.82, 2.24) is 4.98 Å². The van der Waals surface area contributed by atoms with Crippen molar-refractivity contribution < 1.29 is 4.39 Å². The molecule has 0 bridgehead atoms. The monoisotopic (exact) mass is 421 g/mol. The van der Waals surface area contributed by atoms with Gasteiger partial charge in [0.05, 0.1) is 5.69 Å². The fourth-order valence-electron chi connectivity index (χ4n) is 5.24. The quantitative estimate of drug-likeness (QED) is 0.410. The van der Waals surface area contributed by atoms with E-state index >= 15 is 4.39 Å². The van der Waals surface area contributed by atoms with Gasteiger partial charge in [0.15, 0.2) is 0 Å². The van der Waals surface area contributed by atoms with Crippen molar-refractivity contribution in [2.75, 3.05) is 0 Å². The van der Waals surface area contributed by atoms with Gasteiger partial charge in [-0.2, -0.15) is 0 Å². The molecule has 1 nitrogen and oxygen atoms in total. The van der Waals surface area contributed by atoms with Gasteiger partial charge in [0.25, 0.3) is 0 Å². The highest BCUT2D eigenvalue weighted by Gasteiger charge is 2.31. The summed E-state index contributed by atoms with van der Waals surface area (Å²) in [4.78, 5) is 4.41. The minimum absolute atomic E-state index is 0.195. The van der Waals surface area contributed by atoms with Crippen LogP contribution in [0.15, 0.2) is 66.9 Å². The Bertz CT molecular complexity index is 1190. The van der Waals surface area contributed by atoms with Crippen molar-refractivity contribution in [3.8, 4) is 11.3 Å². The first kappa shape index (κ1) is 22.0. The number of aryl methyl sites for hydroxylation is 6. The Labute approximate surface area is 191 Å². The van der Waals surface area contributed by atoms with E-state index in [-0.39, 0.29) is 12.5 Å². The van der Waals surface area contributed by atoms with Crippen molar-refractivity contribution in [3.63, 3.8) is 0 Å². The summed E-state index contributed by atoms with van der Waals surface area (Å²) < 4.78 is 16.2. The standard InChI is InChI=1S/C29H29BFN/c1-18-14-20(3)27(21(4)15-18)30(28-22(5)16-19(2)17-23(28)6)25-11-9-10-24(29(25)31)26-12-7-8-13-32-26/h7-17H,1-6H3. The fraction of sp³-hybridized carbons (Fsp3) is 0.207. The third-order valence-electron chi connectivity index (χ3n) is 6.33. The highest BCUT2D eigenvalue weighted by Crippen LogP contribution is 2.21. The number of nitrogens with zero attached hydrogens (tertiary/aromatic N) is 1. The smallest absolute Gasteiger partial charge is 0.246 e. The molecule has 4 aromatic rings. The second-order valence-corrected chi connectivity index (χ2v) is 8.98. The normalized spacial score (nSPS) is 11.0. The molecular weight excluding hydrogens is 392 g/mol. The van der Waals surface area contributed by atoms with E-state index in [0.29, 0.717) is 16.7 Å². The molecule has 0 saturated heterocycles. The predicted octanol–water partition coefficient (Wildman–Crippen LogP) is 5.25. The Kier molecular flexibility index (Phi) is 6.01. The summed E-state index contributed by atoms with van der Waals surface area (Å²) in [6.07, 6.45) is 1.71. The predicted molar refractivity (Wildman–Crippen MR) is 136 cm³/mol. The summed E-state index contributed by atoms with van der Waals surface area (Å²) in [7, 11) is 0. The molecule has 4 rings (SSSR count). The SMILES string of the molecule is Cc1cc(C)c(B(c2cccc(-c3ccccn3)c2F)c2c(C)cc(C)cc2C)c(C)c1. The zero-order valence-electron chi connectivity index (χ0n) is 19.8.